The summed E-state index contributed by atoms with van der Waals surface area (Å²) in [6.07, 6.45) is 1.73. The van der Waals surface area contributed by atoms with Crippen molar-refractivity contribution in [3.63, 3.8) is 0 Å². The molecule has 2 aromatic carbocycles. The van der Waals surface area contributed by atoms with Crippen LogP contribution in [0.25, 0.3) is 0 Å². The van der Waals surface area contributed by atoms with Crippen LogP contribution in [0.2, 0.25) is 0 Å². The van der Waals surface area contributed by atoms with E-state index < -0.39 is 9.84 Å². The number of fused-ring (bicyclic) bond motifs is 1. The Bertz CT molecular complexity index is 1200. The minimum absolute atomic E-state index is 0.0781. The topological polar surface area (TPSA) is 85.3 Å². The molecule has 2 aliphatic rings. The maximum Gasteiger partial charge on any atom is 0.252 e. The van der Waals surface area contributed by atoms with E-state index in [-0.39, 0.29) is 35.1 Å². The van der Waals surface area contributed by atoms with E-state index in [9.17, 15) is 13.2 Å². The molecule has 2 heterocycles. The number of aliphatic imine (C=N–C) groups is 1. The number of methoxy groups -OCH3 is 2. The van der Waals surface area contributed by atoms with Crippen LogP contribution in [-0.2, 0) is 33.9 Å². The van der Waals surface area contributed by atoms with Crippen molar-refractivity contribution in [1.29, 1.82) is 0 Å². The number of hydrogen-bond donors (Lipinski definition) is 0. The second kappa shape index (κ2) is 10.00. The fourth-order valence-electron chi connectivity index (χ4n) is 4.66. The number of hydrogen-bond acceptors (Lipinski definition) is 6. The first kappa shape index (κ1) is 24.6. The van der Waals surface area contributed by atoms with E-state index >= 15 is 0 Å². The third-order valence-corrected chi connectivity index (χ3v) is 9.51. The van der Waals surface area contributed by atoms with Crippen molar-refractivity contribution in [1.82, 2.24) is 0 Å². The average molecular weight is 503 g/mol. The third kappa shape index (κ3) is 4.81. The van der Waals surface area contributed by atoms with Crippen LogP contribution in [0.5, 0.6) is 11.5 Å². The van der Waals surface area contributed by atoms with Crippen LogP contribution in [0.15, 0.2) is 41.4 Å². The van der Waals surface area contributed by atoms with Crippen LogP contribution in [-0.4, -0.2) is 56.5 Å². The number of anilines is 1. The van der Waals surface area contributed by atoms with Gasteiger partial charge >= 0.3 is 0 Å². The van der Waals surface area contributed by atoms with Gasteiger partial charge < -0.3 is 14.4 Å². The minimum atomic E-state index is -3.13. The molecule has 0 saturated carbocycles. The number of nitrogens with zero attached hydrogens (tertiary/aromatic N) is 2. The van der Waals surface area contributed by atoms with Gasteiger partial charge in [-0.1, -0.05) is 49.9 Å². The summed E-state index contributed by atoms with van der Waals surface area (Å²) in [6, 6.07) is 11.3. The van der Waals surface area contributed by atoms with E-state index in [0.717, 1.165) is 35.2 Å². The number of ether oxygens (including phenoxy) is 2. The van der Waals surface area contributed by atoms with Crippen molar-refractivity contribution in [2.45, 2.75) is 44.4 Å². The van der Waals surface area contributed by atoms with Crippen LogP contribution < -0.4 is 14.4 Å². The molecular weight excluding hydrogens is 472 g/mol. The van der Waals surface area contributed by atoms with Gasteiger partial charge in [-0.2, -0.15) is 4.99 Å². The molecule has 9 heteroatoms. The molecule has 2 aromatic rings. The number of para-hydroxylation sites is 1. The zero-order valence-corrected chi connectivity index (χ0v) is 21.5. The molecule has 0 unspecified atom stereocenters. The summed E-state index contributed by atoms with van der Waals surface area (Å²) in [5.74, 6) is 1.06. The smallest absolute Gasteiger partial charge is 0.252 e. The number of carbonyl (C=O) groups is 1. The second-order valence-corrected chi connectivity index (χ2v) is 11.8. The molecule has 0 aromatic heterocycles. The van der Waals surface area contributed by atoms with E-state index in [0.29, 0.717) is 16.7 Å². The lowest BCUT2D eigenvalue weighted by atomic mass is 10.0. The number of sulfone groups is 1. The molecule has 2 aliphatic heterocycles. The van der Waals surface area contributed by atoms with Crippen molar-refractivity contribution < 1.29 is 22.7 Å². The Kier molecular flexibility index (Phi) is 7.23. The number of amidine groups is 1. The van der Waals surface area contributed by atoms with Crippen LogP contribution in [0.3, 0.4) is 0 Å². The highest BCUT2D eigenvalue weighted by Gasteiger charge is 2.50. The molecule has 2 fully saturated rings. The number of carbonyl (C=O) groups excluding carboxylic acids is 1. The van der Waals surface area contributed by atoms with Gasteiger partial charge in [0.05, 0.1) is 38.2 Å². The molecule has 34 heavy (non-hydrogen) atoms. The summed E-state index contributed by atoms with van der Waals surface area (Å²) in [6.45, 7) is 4.17. The maximum atomic E-state index is 13.0. The highest BCUT2D eigenvalue weighted by atomic mass is 32.2. The van der Waals surface area contributed by atoms with Gasteiger partial charge in [-0.15, -0.1) is 0 Å². The van der Waals surface area contributed by atoms with E-state index in [1.807, 2.05) is 17.0 Å². The van der Waals surface area contributed by atoms with Gasteiger partial charge in [-0.3, -0.25) is 4.79 Å². The summed E-state index contributed by atoms with van der Waals surface area (Å²) < 4.78 is 35.5. The molecular formula is C25H30N2O5S2. The zero-order chi connectivity index (χ0) is 24.5. The van der Waals surface area contributed by atoms with Crippen molar-refractivity contribution in [3.05, 3.63) is 53.1 Å². The summed E-state index contributed by atoms with van der Waals surface area (Å²) in [5, 5.41) is 0.457. The predicted molar refractivity (Wildman–Crippen MR) is 137 cm³/mol. The molecule has 4 rings (SSSR count). The van der Waals surface area contributed by atoms with Gasteiger partial charge in [0.15, 0.2) is 26.5 Å². The van der Waals surface area contributed by atoms with E-state index in [1.54, 1.807) is 26.4 Å². The Hall–Kier alpha value is -2.52. The second-order valence-electron chi connectivity index (χ2n) is 8.46. The first-order valence-electron chi connectivity index (χ1n) is 11.4. The van der Waals surface area contributed by atoms with Crippen molar-refractivity contribution in [3.8, 4) is 11.5 Å². The zero-order valence-electron chi connectivity index (χ0n) is 19.9. The lowest BCUT2D eigenvalue weighted by Gasteiger charge is -2.29. The molecule has 7 nitrogen and oxygen atoms in total. The van der Waals surface area contributed by atoms with Crippen molar-refractivity contribution in [2.75, 3.05) is 30.6 Å². The Morgan fingerprint density at radius 2 is 1.74 bits per heavy atom. The molecule has 2 atom stereocenters. The van der Waals surface area contributed by atoms with Crippen LogP contribution in [0, 0.1) is 0 Å². The number of thioether (sulfide) groups is 1. The standard InChI is InChI=1S/C25H30N2O5S2/c1-5-17-8-7-9-18(6-2)24(17)27-19-14-34(29,30)15-22(19)33-25(27)26-23(28)13-16-10-11-20(31-3)21(12-16)32-4/h7-12,19,22H,5-6,13-15H2,1-4H3/t19-,22-/m0/s1. The van der Waals surface area contributed by atoms with Gasteiger partial charge in [0.25, 0.3) is 5.91 Å². The molecule has 1 amide bonds. The van der Waals surface area contributed by atoms with Crippen molar-refractivity contribution in [2.24, 2.45) is 4.99 Å². The maximum absolute atomic E-state index is 13.0. The number of rotatable bonds is 7. The fraction of sp³-hybridized carbons (Fsp3) is 0.440. The quantitative estimate of drug-likeness (QED) is 0.571. The SMILES string of the molecule is CCc1cccc(CC)c1N1C(=NC(=O)Cc2ccc(OC)c(OC)c2)S[C@H]2CS(=O)(=O)C[C@@H]21. The Balaban J connectivity index is 1.70. The number of amides is 1. The van der Waals surface area contributed by atoms with E-state index in [4.69, 9.17) is 9.47 Å². The normalized spacial score (nSPS) is 22.1. The minimum Gasteiger partial charge on any atom is -0.493 e. The van der Waals surface area contributed by atoms with Gasteiger partial charge in [-0.25, -0.2) is 8.42 Å². The Morgan fingerprint density at radius 3 is 2.35 bits per heavy atom. The molecule has 0 spiro atoms. The first-order valence-corrected chi connectivity index (χ1v) is 14.1. The van der Waals surface area contributed by atoms with Crippen LogP contribution in [0.1, 0.15) is 30.5 Å². The molecule has 0 N–H and O–H groups in total. The highest BCUT2D eigenvalue weighted by Crippen LogP contribution is 2.43. The van der Waals surface area contributed by atoms with Gasteiger partial charge in [0.2, 0.25) is 0 Å². The fourth-order valence-corrected chi connectivity index (χ4v) is 8.58. The lowest BCUT2D eigenvalue weighted by Crippen LogP contribution is -2.39. The number of benzene rings is 2. The number of aryl methyl sites for hydroxylation is 2. The third-order valence-electron chi connectivity index (χ3n) is 6.30. The van der Waals surface area contributed by atoms with Crippen LogP contribution >= 0.6 is 11.8 Å². The average Bonchev–Trinajstić information content (AvgIpc) is 3.28. The summed E-state index contributed by atoms with van der Waals surface area (Å²) in [4.78, 5) is 19.6. The first-order chi connectivity index (χ1) is 16.3. The Morgan fingerprint density at radius 1 is 1.06 bits per heavy atom. The predicted octanol–water partition coefficient (Wildman–Crippen LogP) is 3.67. The summed E-state index contributed by atoms with van der Waals surface area (Å²) in [7, 11) is -0.00714. The van der Waals surface area contributed by atoms with E-state index in [2.05, 4.69) is 31.0 Å². The summed E-state index contributed by atoms with van der Waals surface area (Å²) >= 11 is 1.41. The molecule has 2 saturated heterocycles. The summed E-state index contributed by atoms with van der Waals surface area (Å²) in [5.41, 5.74) is 4.03. The molecule has 0 aliphatic carbocycles. The lowest BCUT2D eigenvalue weighted by molar-refractivity contribution is -0.117. The van der Waals surface area contributed by atoms with Gasteiger partial charge in [0, 0.05) is 10.9 Å². The monoisotopic (exact) mass is 502 g/mol. The molecule has 0 radical (unpaired) electrons. The van der Waals surface area contributed by atoms with Crippen molar-refractivity contribution >= 4 is 38.4 Å². The molecule has 0 bridgehead atoms. The highest BCUT2D eigenvalue weighted by molar-refractivity contribution is 8.16. The van der Waals surface area contributed by atoms with Crippen LogP contribution in [0.4, 0.5) is 5.69 Å². The molecule has 182 valence electrons. The van der Waals surface area contributed by atoms with Gasteiger partial charge in [0.1, 0.15) is 0 Å². The Labute approximate surface area is 205 Å². The largest absolute Gasteiger partial charge is 0.493 e. The van der Waals surface area contributed by atoms with E-state index in [1.165, 1.54) is 11.8 Å². The van der Waals surface area contributed by atoms with Gasteiger partial charge in [-0.05, 0) is 41.7 Å².